The molecule has 0 radical (unpaired) electrons. The Morgan fingerprint density at radius 2 is 1.89 bits per heavy atom. The van der Waals surface area contributed by atoms with Crippen molar-refractivity contribution in [3.8, 4) is 0 Å². The molecule has 0 aromatic heterocycles. The normalized spacial score (nSPS) is 19.8. The van der Waals surface area contributed by atoms with Gasteiger partial charge in [-0.25, -0.2) is 10.2 Å². The maximum Gasteiger partial charge on any atom is 0.409 e. The number of aliphatic carboxylic acids is 1. The highest BCUT2D eigenvalue weighted by Gasteiger charge is 2.48. The van der Waals surface area contributed by atoms with Crippen molar-refractivity contribution in [2.24, 2.45) is 0 Å². The molecule has 1 atom stereocenters. The van der Waals surface area contributed by atoms with Crippen molar-refractivity contribution in [1.29, 1.82) is 0 Å². The van der Waals surface area contributed by atoms with Gasteiger partial charge in [-0.3, -0.25) is 5.01 Å². The number of para-hydroxylation sites is 1. The molecule has 1 unspecified atom stereocenters. The van der Waals surface area contributed by atoms with Crippen LogP contribution in [0.3, 0.4) is 0 Å². The Hall–Kier alpha value is -2.02. The monoisotopic (exact) mass is 258 g/mol. The fourth-order valence-corrected chi connectivity index (χ4v) is 1.63. The predicted molar refractivity (Wildman–Crippen MR) is 57.6 cm³/mol. The number of benzene rings is 1. The Kier molecular flexibility index (Phi) is 3.00. The van der Waals surface area contributed by atoms with E-state index in [-0.39, 0.29) is 0 Å². The van der Waals surface area contributed by atoms with E-state index < -0.39 is 23.8 Å². The van der Waals surface area contributed by atoms with Crippen LogP contribution in [0.25, 0.3) is 0 Å². The number of carbonyl (C=O) groups is 1. The number of nitrogens with zero attached hydrogens (tertiary/aromatic N) is 1. The van der Waals surface area contributed by atoms with Crippen LogP contribution in [0, 0.1) is 0 Å². The van der Waals surface area contributed by atoms with Crippen LogP contribution in [-0.2, 0) is 4.79 Å². The van der Waals surface area contributed by atoms with Crippen LogP contribution in [0.15, 0.2) is 42.1 Å². The first-order chi connectivity index (χ1) is 8.39. The van der Waals surface area contributed by atoms with Crippen LogP contribution in [0.5, 0.6) is 0 Å². The summed E-state index contributed by atoms with van der Waals surface area (Å²) >= 11 is 0. The quantitative estimate of drug-likeness (QED) is 0.850. The van der Waals surface area contributed by atoms with Crippen molar-refractivity contribution in [3.63, 3.8) is 0 Å². The van der Waals surface area contributed by atoms with Gasteiger partial charge in [-0.15, -0.1) is 0 Å². The maximum absolute atomic E-state index is 12.7. The molecule has 7 heteroatoms. The summed E-state index contributed by atoms with van der Waals surface area (Å²) in [7, 11) is 0. The van der Waals surface area contributed by atoms with Crippen LogP contribution < -0.4 is 10.4 Å². The van der Waals surface area contributed by atoms with E-state index >= 15 is 0 Å². The molecule has 0 spiro atoms. The molecule has 2 rings (SSSR count). The molecule has 0 aliphatic carbocycles. The second kappa shape index (κ2) is 4.34. The molecule has 0 fully saturated rings. The Bertz CT molecular complexity index is 485. The lowest BCUT2D eigenvalue weighted by Gasteiger charge is -2.21. The van der Waals surface area contributed by atoms with Crippen molar-refractivity contribution in [1.82, 2.24) is 5.43 Å². The minimum Gasteiger partial charge on any atom is -0.478 e. The third-order valence-corrected chi connectivity index (χ3v) is 2.46. The lowest BCUT2D eigenvalue weighted by molar-refractivity contribution is -0.153. The lowest BCUT2D eigenvalue weighted by atomic mass is 10.1. The Morgan fingerprint density at radius 1 is 1.28 bits per heavy atom. The van der Waals surface area contributed by atoms with E-state index in [1.165, 1.54) is 0 Å². The van der Waals surface area contributed by atoms with Gasteiger partial charge in [0.1, 0.15) is 0 Å². The lowest BCUT2D eigenvalue weighted by Crippen LogP contribution is -2.46. The molecule has 2 N–H and O–H groups in total. The molecule has 96 valence electrons. The molecule has 1 aliphatic rings. The second-order valence-corrected chi connectivity index (χ2v) is 3.70. The maximum atomic E-state index is 12.7. The summed E-state index contributed by atoms with van der Waals surface area (Å²) in [4.78, 5) is 10.8. The summed E-state index contributed by atoms with van der Waals surface area (Å²) in [6.07, 6.45) is -3.72. The van der Waals surface area contributed by atoms with Gasteiger partial charge in [-0.05, 0) is 12.1 Å². The second-order valence-electron chi connectivity index (χ2n) is 3.70. The molecule has 1 aliphatic heterocycles. The van der Waals surface area contributed by atoms with Crippen LogP contribution >= 0.6 is 0 Å². The van der Waals surface area contributed by atoms with E-state index in [0.29, 0.717) is 5.69 Å². The van der Waals surface area contributed by atoms with Crippen molar-refractivity contribution in [3.05, 3.63) is 42.1 Å². The SMILES string of the molecule is O=C(O)C1=CN(c2ccccc2)NC1C(F)(F)F. The zero-order valence-electron chi connectivity index (χ0n) is 8.98. The van der Waals surface area contributed by atoms with E-state index in [0.717, 1.165) is 11.2 Å². The first-order valence-electron chi connectivity index (χ1n) is 5.02. The summed E-state index contributed by atoms with van der Waals surface area (Å²) in [5, 5.41) is 9.83. The molecule has 0 saturated heterocycles. The summed E-state index contributed by atoms with van der Waals surface area (Å²) in [6.45, 7) is 0. The van der Waals surface area contributed by atoms with E-state index in [4.69, 9.17) is 5.11 Å². The number of alkyl halides is 3. The first kappa shape index (κ1) is 12.4. The van der Waals surface area contributed by atoms with Gasteiger partial charge in [0.05, 0.1) is 11.3 Å². The molecule has 0 amide bonds. The van der Waals surface area contributed by atoms with Crippen LogP contribution in [-0.4, -0.2) is 23.3 Å². The largest absolute Gasteiger partial charge is 0.478 e. The highest BCUT2D eigenvalue weighted by atomic mass is 19.4. The molecule has 18 heavy (non-hydrogen) atoms. The van der Waals surface area contributed by atoms with E-state index in [1.807, 2.05) is 0 Å². The molecule has 0 saturated carbocycles. The summed E-state index contributed by atoms with van der Waals surface area (Å²) in [5.74, 6) is -1.59. The zero-order chi connectivity index (χ0) is 13.3. The van der Waals surface area contributed by atoms with Gasteiger partial charge in [0.2, 0.25) is 0 Å². The van der Waals surface area contributed by atoms with E-state index in [1.54, 1.807) is 30.3 Å². The fraction of sp³-hybridized carbons (Fsp3) is 0.182. The van der Waals surface area contributed by atoms with Crippen LogP contribution in [0.4, 0.5) is 18.9 Å². The van der Waals surface area contributed by atoms with Gasteiger partial charge < -0.3 is 5.11 Å². The summed E-state index contributed by atoms with van der Waals surface area (Å²) in [6, 6.07) is 5.94. The Labute approximate surface area is 100 Å². The molecule has 1 aromatic carbocycles. The van der Waals surface area contributed by atoms with Crippen molar-refractivity contribution in [2.75, 3.05) is 5.01 Å². The van der Waals surface area contributed by atoms with Crippen molar-refractivity contribution in [2.45, 2.75) is 12.2 Å². The number of anilines is 1. The highest BCUT2D eigenvalue weighted by Crippen LogP contribution is 2.31. The fourth-order valence-electron chi connectivity index (χ4n) is 1.63. The minimum atomic E-state index is -4.66. The third-order valence-electron chi connectivity index (χ3n) is 2.46. The number of rotatable bonds is 2. The van der Waals surface area contributed by atoms with Gasteiger partial charge in [-0.1, -0.05) is 18.2 Å². The van der Waals surface area contributed by atoms with Crippen molar-refractivity contribution >= 4 is 11.7 Å². The smallest absolute Gasteiger partial charge is 0.409 e. The molecule has 4 nitrogen and oxygen atoms in total. The predicted octanol–water partition coefficient (Wildman–Crippen LogP) is 1.91. The number of hydrogen-bond acceptors (Lipinski definition) is 3. The van der Waals surface area contributed by atoms with Gasteiger partial charge in [-0.2, -0.15) is 13.2 Å². The number of halogens is 3. The standard InChI is InChI=1S/C11H9F3N2O2/c12-11(13,14)9-8(10(17)18)6-16(15-9)7-4-2-1-3-5-7/h1-6,9,15H,(H,17,18). The van der Waals surface area contributed by atoms with Gasteiger partial charge in [0.25, 0.3) is 0 Å². The third kappa shape index (κ3) is 2.30. The molecular formula is C11H9F3N2O2. The highest BCUT2D eigenvalue weighted by molar-refractivity contribution is 5.89. The number of carboxylic acids is 1. The number of hydrazine groups is 1. The summed E-state index contributed by atoms with van der Waals surface area (Å²) < 4.78 is 38.0. The zero-order valence-corrected chi connectivity index (χ0v) is 8.98. The van der Waals surface area contributed by atoms with Crippen molar-refractivity contribution < 1.29 is 23.1 Å². The minimum absolute atomic E-state index is 0.433. The Morgan fingerprint density at radius 3 is 2.33 bits per heavy atom. The van der Waals surface area contributed by atoms with E-state index in [2.05, 4.69) is 5.43 Å². The van der Waals surface area contributed by atoms with Gasteiger partial charge >= 0.3 is 12.1 Å². The Balaban J connectivity index is 2.32. The van der Waals surface area contributed by atoms with Crippen LogP contribution in [0.2, 0.25) is 0 Å². The molecule has 1 heterocycles. The van der Waals surface area contributed by atoms with Crippen LogP contribution in [0.1, 0.15) is 0 Å². The average molecular weight is 258 g/mol. The number of carboxylic acid groups (broad SMARTS) is 1. The molecular weight excluding hydrogens is 249 g/mol. The van der Waals surface area contributed by atoms with E-state index in [9.17, 15) is 18.0 Å². The van der Waals surface area contributed by atoms with Gasteiger partial charge in [0.15, 0.2) is 6.04 Å². The summed E-state index contributed by atoms with van der Waals surface area (Å²) in [5.41, 5.74) is 1.82. The van der Waals surface area contributed by atoms with Gasteiger partial charge in [0, 0.05) is 6.20 Å². The topological polar surface area (TPSA) is 52.6 Å². The molecule has 0 bridgehead atoms. The number of hydrogen-bond donors (Lipinski definition) is 2. The number of nitrogens with one attached hydrogen (secondary N) is 1. The first-order valence-corrected chi connectivity index (χ1v) is 5.02. The molecule has 1 aromatic rings. The average Bonchev–Trinajstić information content (AvgIpc) is 2.74.